The number of carboxylic acid groups (broad SMARTS) is 1. The second-order valence-electron chi connectivity index (χ2n) is 9.89. The minimum absolute atomic E-state index is 0.0611. The first kappa shape index (κ1) is 31.8. The second kappa shape index (κ2) is 12.6. The van der Waals surface area contributed by atoms with Crippen LogP contribution in [0.1, 0.15) is 26.5 Å². The van der Waals surface area contributed by atoms with E-state index in [2.05, 4.69) is 30.9 Å². The summed E-state index contributed by atoms with van der Waals surface area (Å²) in [5.41, 5.74) is -2.65. The van der Waals surface area contributed by atoms with Gasteiger partial charge in [0.1, 0.15) is 35.5 Å². The standard InChI is InChI=1S/C23H26N8O9S3/c1-23(2,3)40-22(38)27-20-24-10(8-42-20)11(29-39-5)14(32)25-12-17(35)31-13(19(36)37)9(6-41-18(12)31)7-43-21-26-15(33)16(34)28-30(21)4/h8,12,18H,6-7H2,1-5H3,(H,25,32)(H,28,34)(H,36,37)(H,24,27,38)/b29-11-/t12?,18-/m1/s1. The first-order valence-electron chi connectivity index (χ1n) is 12.3. The number of carbonyl (C=O) groups excluding carboxylic acids is 3. The van der Waals surface area contributed by atoms with Crippen LogP contribution in [0.3, 0.4) is 0 Å². The van der Waals surface area contributed by atoms with Crippen LogP contribution >= 0.6 is 34.9 Å². The van der Waals surface area contributed by atoms with Gasteiger partial charge in [-0.3, -0.25) is 39.2 Å². The van der Waals surface area contributed by atoms with Crippen LogP contribution in [0.15, 0.2) is 36.6 Å². The van der Waals surface area contributed by atoms with Crippen LogP contribution in [0.4, 0.5) is 9.93 Å². The maximum absolute atomic E-state index is 13.2. The van der Waals surface area contributed by atoms with E-state index >= 15 is 0 Å². The van der Waals surface area contributed by atoms with E-state index in [4.69, 9.17) is 9.57 Å². The van der Waals surface area contributed by atoms with E-state index < -0.39 is 52.0 Å². The molecule has 0 spiro atoms. The number of aromatic nitrogens is 4. The molecule has 2 aliphatic heterocycles. The van der Waals surface area contributed by atoms with Gasteiger partial charge < -0.3 is 20.0 Å². The Kier molecular flexibility index (Phi) is 9.30. The van der Waals surface area contributed by atoms with E-state index in [1.807, 2.05) is 0 Å². The van der Waals surface area contributed by atoms with Crippen molar-refractivity contribution in [3.63, 3.8) is 0 Å². The van der Waals surface area contributed by atoms with Crippen LogP contribution in [-0.4, -0.2) is 95.0 Å². The summed E-state index contributed by atoms with van der Waals surface area (Å²) in [7, 11) is 2.70. The molecule has 20 heteroatoms. The molecule has 0 radical (unpaired) electrons. The lowest BCUT2D eigenvalue weighted by Crippen LogP contribution is -2.71. The molecule has 0 aromatic carbocycles. The average Bonchev–Trinajstić information content (AvgIpc) is 3.37. The molecule has 4 rings (SSSR count). The zero-order valence-corrected chi connectivity index (χ0v) is 25.8. The van der Waals surface area contributed by atoms with Gasteiger partial charge in [-0.25, -0.2) is 14.6 Å². The van der Waals surface area contributed by atoms with Gasteiger partial charge in [0.05, 0.1) is 0 Å². The molecule has 2 aromatic heterocycles. The number of oxime groups is 1. The topological polar surface area (TPSA) is 227 Å². The zero-order valence-electron chi connectivity index (χ0n) is 23.3. The molecular formula is C23H26N8O9S3. The number of thiazole rings is 1. The zero-order chi connectivity index (χ0) is 31.6. The molecule has 17 nitrogen and oxygen atoms in total. The molecule has 2 aromatic rings. The van der Waals surface area contributed by atoms with Crippen molar-refractivity contribution in [2.45, 2.75) is 42.9 Å². The molecule has 3 amide bonds. The first-order chi connectivity index (χ1) is 20.2. The SMILES string of the molecule is CO/N=C(\C(=O)NC1C(=O)N2C(C(=O)O)=C(CSc3nc(=O)c(=O)[nH]n3C)CS[C@H]12)c1csc(NC(=O)OC(C)(C)C)n1. The van der Waals surface area contributed by atoms with Crippen molar-refractivity contribution in [3.8, 4) is 0 Å². The minimum atomic E-state index is -1.34. The van der Waals surface area contributed by atoms with Crippen LogP contribution in [0.2, 0.25) is 0 Å². The Labute approximate surface area is 255 Å². The number of aryl methyl sites for hydroxylation is 1. The average molecular weight is 655 g/mol. The quantitative estimate of drug-likeness (QED) is 0.0930. The Morgan fingerprint density at radius 1 is 1.26 bits per heavy atom. The fraction of sp³-hybridized carbons (Fsp3) is 0.435. The normalized spacial score (nSPS) is 18.5. The summed E-state index contributed by atoms with van der Waals surface area (Å²) in [4.78, 5) is 87.3. The Hall–Kier alpha value is -4.17. The molecule has 230 valence electrons. The van der Waals surface area contributed by atoms with Crippen LogP contribution in [0.25, 0.3) is 0 Å². The molecule has 43 heavy (non-hydrogen) atoms. The van der Waals surface area contributed by atoms with Crippen molar-refractivity contribution >= 4 is 69.6 Å². The van der Waals surface area contributed by atoms with E-state index in [1.54, 1.807) is 20.8 Å². The number of aliphatic carboxylic acids is 1. The Bertz CT molecular complexity index is 1660. The van der Waals surface area contributed by atoms with E-state index in [0.717, 1.165) is 28.0 Å². The van der Waals surface area contributed by atoms with Crippen LogP contribution in [0, 0.1) is 0 Å². The fourth-order valence-corrected chi connectivity index (χ4v) is 6.96. The van der Waals surface area contributed by atoms with Crippen molar-refractivity contribution in [2.24, 2.45) is 12.2 Å². The number of amides is 3. The highest BCUT2D eigenvalue weighted by Gasteiger charge is 2.54. The number of β-lactam (4-membered cyclic amide) rings is 1. The highest BCUT2D eigenvalue weighted by atomic mass is 32.2. The third kappa shape index (κ3) is 7.08. The first-order valence-corrected chi connectivity index (χ1v) is 15.2. The van der Waals surface area contributed by atoms with Crippen molar-refractivity contribution in [1.29, 1.82) is 0 Å². The number of fused-ring (bicyclic) bond motifs is 1. The molecule has 2 atom stereocenters. The van der Waals surface area contributed by atoms with Gasteiger partial charge in [-0.15, -0.1) is 23.1 Å². The maximum Gasteiger partial charge on any atom is 0.413 e. The number of aromatic amines is 1. The van der Waals surface area contributed by atoms with Gasteiger partial charge in [0.2, 0.25) is 0 Å². The van der Waals surface area contributed by atoms with Gasteiger partial charge in [-0.05, 0) is 26.3 Å². The van der Waals surface area contributed by atoms with Gasteiger partial charge in [0, 0.05) is 23.9 Å². The molecular weight excluding hydrogens is 629 g/mol. The van der Waals surface area contributed by atoms with E-state index in [0.29, 0.717) is 5.57 Å². The fourth-order valence-electron chi connectivity index (χ4n) is 3.87. The van der Waals surface area contributed by atoms with Crippen LogP contribution in [-0.2, 0) is 31.0 Å². The lowest BCUT2D eigenvalue weighted by atomic mass is 10.0. The molecule has 0 aliphatic carbocycles. The molecule has 0 saturated carbocycles. The summed E-state index contributed by atoms with van der Waals surface area (Å²) in [6, 6.07) is -1.07. The van der Waals surface area contributed by atoms with E-state index in [9.17, 15) is 33.9 Å². The summed E-state index contributed by atoms with van der Waals surface area (Å²) in [5.74, 6) is -2.51. The number of anilines is 1. The van der Waals surface area contributed by atoms with Crippen molar-refractivity contribution < 1.29 is 33.9 Å². The molecule has 4 N–H and O–H groups in total. The smallest absolute Gasteiger partial charge is 0.413 e. The third-order valence-electron chi connectivity index (χ3n) is 5.61. The number of rotatable bonds is 9. The number of nitrogens with one attached hydrogen (secondary N) is 3. The number of carbonyl (C=O) groups is 4. The minimum Gasteiger partial charge on any atom is -0.477 e. The lowest BCUT2D eigenvalue weighted by molar-refractivity contribution is -0.150. The Morgan fingerprint density at radius 3 is 2.63 bits per heavy atom. The summed E-state index contributed by atoms with van der Waals surface area (Å²) >= 11 is 3.27. The number of hydrogen-bond donors (Lipinski definition) is 4. The van der Waals surface area contributed by atoms with Crippen LogP contribution < -0.4 is 21.8 Å². The Balaban J connectivity index is 1.46. The predicted octanol–water partition coefficient (Wildman–Crippen LogP) is 0.154. The summed E-state index contributed by atoms with van der Waals surface area (Å²) < 4.78 is 6.43. The molecule has 2 aliphatic rings. The lowest BCUT2D eigenvalue weighted by Gasteiger charge is -2.49. The predicted molar refractivity (Wildman–Crippen MR) is 156 cm³/mol. The van der Waals surface area contributed by atoms with Crippen LogP contribution in [0.5, 0.6) is 0 Å². The summed E-state index contributed by atoms with van der Waals surface area (Å²) in [6.45, 7) is 5.10. The number of H-pyrrole nitrogens is 1. The van der Waals surface area contributed by atoms with Crippen molar-refractivity contribution in [3.05, 3.63) is 43.1 Å². The number of carboxylic acids is 1. The Morgan fingerprint density at radius 2 is 1.98 bits per heavy atom. The molecule has 0 bridgehead atoms. The van der Waals surface area contributed by atoms with Crippen molar-refractivity contribution in [1.82, 2.24) is 30.0 Å². The number of thioether (sulfide) groups is 2. The van der Waals surface area contributed by atoms with Gasteiger partial charge in [0.25, 0.3) is 11.8 Å². The van der Waals surface area contributed by atoms with Gasteiger partial charge in [0.15, 0.2) is 16.0 Å². The molecule has 1 fully saturated rings. The highest BCUT2D eigenvalue weighted by Crippen LogP contribution is 2.41. The number of hydrogen-bond acceptors (Lipinski definition) is 14. The largest absolute Gasteiger partial charge is 0.477 e. The second-order valence-corrected chi connectivity index (χ2v) is 12.8. The van der Waals surface area contributed by atoms with Gasteiger partial charge in [-0.2, -0.15) is 4.98 Å². The van der Waals surface area contributed by atoms with E-state index in [-0.39, 0.29) is 38.9 Å². The molecule has 4 heterocycles. The van der Waals surface area contributed by atoms with E-state index in [1.165, 1.54) is 36.0 Å². The number of ether oxygens (including phenoxy) is 1. The molecule has 1 unspecified atom stereocenters. The monoisotopic (exact) mass is 654 g/mol. The third-order valence-corrected chi connectivity index (χ3v) is 8.83. The van der Waals surface area contributed by atoms with Crippen molar-refractivity contribution in [2.75, 3.05) is 23.9 Å². The molecule has 1 saturated heterocycles. The summed E-state index contributed by atoms with van der Waals surface area (Å²) in [6.07, 6.45) is -0.739. The van der Waals surface area contributed by atoms with Gasteiger partial charge >= 0.3 is 23.2 Å². The maximum atomic E-state index is 13.2. The van der Waals surface area contributed by atoms with Gasteiger partial charge in [-0.1, -0.05) is 16.9 Å². The highest BCUT2D eigenvalue weighted by molar-refractivity contribution is 8.01. The number of nitrogens with zero attached hydrogens (tertiary/aromatic N) is 5. The summed E-state index contributed by atoms with van der Waals surface area (Å²) in [5, 5.41) is 22.0.